The smallest absolute Gasteiger partial charge is 0.412 e. The van der Waals surface area contributed by atoms with E-state index < -0.39 is 54.5 Å². The van der Waals surface area contributed by atoms with Crippen LogP contribution < -0.4 is 26.2 Å². The van der Waals surface area contributed by atoms with Crippen molar-refractivity contribution in [2.24, 2.45) is 0 Å². The highest BCUT2D eigenvalue weighted by Gasteiger charge is 2.25. The highest BCUT2D eigenvalue weighted by molar-refractivity contribution is 6.40. The minimum absolute atomic E-state index is 0.0349. The van der Waals surface area contributed by atoms with Gasteiger partial charge in [-0.25, -0.2) is 9.59 Å². The maximum absolute atomic E-state index is 12.9. The molecule has 3 rings (SSSR count). The number of aliphatic carboxylic acids is 1. The van der Waals surface area contributed by atoms with Gasteiger partial charge in [-0.2, -0.15) is 0 Å². The Kier molecular flexibility index (Phi) is 11.6. The van der Waals surface area contributed by atoms with Crippen LogP contribution in [0.4, 0.5) is 16.2 Å². The lowest BCUT2D eigenvalue weighted by Crippen LogP contribution is -2.50. The van der Waals surface area contributed by atoms with Crippen LogP contribution in [0.15, 0.2) is 36.4 Å². The Labute approximate surface area is 258 Å². The molecule has 1 heterocycles. The monoisotopic (exact) mass is 637 g/mol. The molecule has 0 spiro atoms. The SMILES string of the molecule is CC(C)(C)OC(=O)Nc1cccc(C(=O)NCC(=O)NC[C@H](NC(=O)c2c(Cl)cc(N3CCOCC3)cc2Cl)C(=O)O)c1. The number of benzene rings is 2. The van der Waals surface area contributed by atoms with Gasteiger partial charge in [0.25, 0.3) is 11.8 Å². The van der Waals surface area contributed by atoms with E-state index in [9.17, 15) is 29.1 Å². The molecule has 0 radical (unpaired) electrons. The molecule has 1 atom stereocenters. The summed E-state index contributed by atoms with van der Waals surface area (Å²) in [6.07, 6.45) is -0.695. The van der Waals surface area contributed by atoms with Crippen LogP contribution in [0.1, 0.15) is 41.5 Å². The van der Waals surface area contributed by atoms with Gasteiger partial charge in [0.05, 0.1) is 35.4 Å². The zero-order valence-corrected chi connectivity index (χ0v) is 25.3. The standard InChI is InChI=1S/C28H33Cl2N5O8/c1-28(2,3)43-27(41)33-17-6-4-5-16(11-17)24(37)32-15-22(36)31-14-21(26(39)40)34-25(38)23-19(29)12-18(13-20(23)30)35-7-9-42-10-8-35/h4-6,11-13,21H,7-10,14-15H2,1-3H3,(H,31,36)(H,32,37)(H,33,41)(H,34,38)(H,39,40)/t21-/m0/s1. The second kappa shape index (κ2) is 14.9. The molecule has 13 nitrogen and oxygen atoms in total. The van der Waals surface area contributed by atoms with Gasteiger partial charge in [0.15, 0.2) is 0 Å². The van der Waals surface area contributed by atoms with E-state index in [-0.39, 0.29) is 21.2 Å². The summed E-state index contributed by atoms with van der Waals surface area (Å²) in [6, 6.07) is 7.59. The van der Waals surface area contributed by atoms with Crippen LogP contribution in [0, 0.1) is 0 Å². The summed E-state index contributed by atoms with van der Waals surface area (Å²) in [6.45, 7) is 6.49. The first kappa shape index (κ1) is 33.4. The second-order valence-electron chi connectivity index (χ2n) is 10.4. The van der Waals surface area contributed by atoms with Crippen molar-refractivity contribution in [2.45, 2.75) is 32.4 Å². The Morgan fingerprint density at radius 2 is 1.65 bits per heavy atom. The molecule has 1 aliphatic heterocycles. The molecular weight excluding hydrogens is 605 g/mol. The first-order chi connectivity index (χ1) is 20.2. The molecule has 1 aliphatic rings. The summed E-state index contributed by atoms with van der Waals surface area (Å²) >= 11 is 12.7. The van der Waals surface area contributed by atoms with E-state index in [2.05, 4.69) is 21.3 Å². The summed E-state index contributed by atoms with van der Waals surface area (Å²) in [7, 11) is 0. The number of carbonyl (C=O) groups is 5. The van der Waals surface area contributed by atoms with E-state index in [0.29, 0.717) is 37.7 Å². The van der Waals surface area contributed by atoms with Gasteiger partial charge in [-0.05, 0) is 51.1 Å². The highest BCUT2D eigenvalue weighted by Crippen LogP contribution is 2.31. The van der Waals surface area contributed by atoms with Crippen molar-refractivity contribution in [1.29, 1.82) is 0 Å². The molecule has 232 valence electrons. The van der Waals surface area contributed by atoms with Crippen molar-refractivity contribution in [3.63, 3.8) is 0 Å². The summed E-state index contributed by atoms with van der Waals surface area (Å²) in [4.78, 5) is 63.5. The zero-order chi connectivity index (χ0) is 31.7. The van der Waals surface area contributed by atoms with Crippen LogP contribution in [0.3, 0.4) is 0 Å². The molecule has 2 aromatic rings. The van der Waals surface area contributed by atoms with Crippen LogP contribution in [0.25, 0.3) is 0 Å². The van der Waals surface area contributed by atoms with Gasteiger partial charge in [-0.3, -0.25) is 19.7 Å². The molecule has 0 aromatic heterocycles. The van der Waals surface area contributed by atoms with E-state index in [0.717, 1.165) is 0 Å². The number of carbonyl (C=O) groups excluding carboxylic acids is 4. The van der Waals surface area contributed by atoms with Crippen molar-refractivity contribution < 1.29 is 38.6 Å². The van der Waals surface area contributed by atoms with Gasteiger partial charge < -0.3 is 35.4 Å². The fourth-order valence-corrected chi connectivity index (χ4v) is 4.56. The minimum atomic E-state index is -1.52. The third-order valence-corrected chi connectivity index (χ3v) is 6.51. The molecule has 2 aromatic carbocycles. The summed E-state index contributed by atoms with van der Waals surface area (Å²) in [5.41, 5.74) is 0.357. The average molecular weight is 639 g/mol. The van der Waals surface area contributed by atoms with E-state index in [1.165, 1.54) is 18.2 Å². The highest BCUT2D eigenvalue weighted by atomic mass is 35.5. The summed E-state index contributed by atoms with van der Waals surface area (Å²) in [5.74, 6) is -3.57. The Balaban J connectivity index is 1.53. The van der Waals surface area contributed by atoms with Crippen molar-refractivity contribution in [3.05, 3.63) is 57.6 Å². The molecule has 0 unspecified atom stereocenters. The van der Waals surface area contributed by atoms with Crippen LogP contribution >= 0.6 is 23.2 Å². The number of hydrogen-bond donors (Lipinski definition) is 5. The average Bonchev–Trinajstić information content (AvgIpc) is 2.92. The van der Waals surface area contributed by atoms with E-state index in [1.54, 1.807) is 39.0 Å². The number of carboxylic acids is 1. The minimum Gasteiger partial charge on any atom is -0.480 e. The van der Waals surface area contributed by atoms with Gasteiger partial charge in [0, 0.05) is 36.6 Å². The van der Waals surface area contributed by atoms with Crippen LogP contribution in [-0.2, 0) is 19.1 Å². The topological polar surface area (TPSA) is 175 Å². The molecule has 1 saturated heterocycles. The maximum atomic E-state index is 12.9. The first-order valence-electron chi connectivity index (χ1n) is 13.2. The Hall–Kier alpha value is -4.07. The number of hydrogen-bond acceptors (Lipinski definition) is 8. The number of ether oxygens (including phenoxy) is 2. The zero-order valence-electron chi connectivity index (χ0n) is 23.8. The molecule has 4 amide bonds. The predicted molar refractivity (Wildman–Crippen MR) is 160 cm³/mol. The van der Waals surface area contributed by atoms with Gasteiger partial charge in [0.2, 0.25) is 5.91 Å². The number of anilines is 2. The van der Waals surface area contributed by atoms with E-state index >= 15 is 0 Å². The number of carboxylic acid groups (broad SMARTS) is 1. The van der Waals surface area contributed by atoms with Gasteiger partial charge >= 0.3 is 12.1 Å². The van der Waals surface area contributed by atoms with Crippen molar-refractivity contribution in [2.75, 3.05) is 49.6 Å². The quantitative estimate of drug-likeness (QED) is 0.262. The van der Waals surface area contributed by atoms with Gasteiger partial charge in [-0.1, -0.05) is 29.3 Å². The number of nitrogens with zero attached hydrogens (tertiary/aromatic N) is 1. The lowest BCUT2D eigenvalue weighted by molar-refractivity contribution is -0.139. The molecule has 1 fully saturated rings. The van der Waals surface area contributed by atoms with Gasteiger partial charge in [0.1, 0.15) is 11.6 Å². The van der Waals surface area contributed by atoms with Crippen LogP contribution in [0.2, 0.25) is 10.0 Å². The van der Waals surface area contributed by atoms with Crippen molar-refractivity contribution in [3.8, 4) is 0 Å². The summed E-state index contributed by atoms with van der Waals surface area (Å²) < 4.78 is 10.5. The Bertz CT molecular complexity index is 1350. The number of nitrogens with one attached hydrogen (secondary N) is 4. The number of morpholine rings is 1. The van der Waals surface area contributed by atoms with Crippen LogP contribution in [-0.4, -0.2) is 85.9 Å². The fourth-order valence-electron chi connectivity index (χ4n) is 3.91. The number of amides is 4. The largest absolute Gasteiger partial charge is 0.480 e. The third kappa shape index (κ3) is 10.3. The molecule has 0 saturated carbocycles. The Morgan fingerprint density at radius 1 is 1.00 bits per heavy atom. The molecular formula is C28H33Cl2N5O8. The lowest BCUT2D eigenvalue weighted by atomic mass is 10.1. The normalized spacial score (nSPS) is 13.8. The first-order valence-corrected chi connectivity index (χ1v) is 14.0. The number of rotatable bonds is 10. The van der Waals surface area contributed by atoms with Gasteiger partial charge in [-0.15, -0.1) is 0 Å². The van der Waals surface area contributed by atoms with E-state index in [4.69, 9.17) is 32.7 Å². The van der Waals surface area contributed by atoms with Crippen LogP contribution in [0.5, 0.6) is 0 Å². The van der Waals surface area contributed by atoms with Crippen molar-refractivity contribution >= 4 is 64.4 Å². The summed E-state index contributed by atoms with van der Waals surface area (Å²) in [5, 5.41) is 19.3. The van der Waals surface area contributed by atoms with Crippen molar-refractivity contribution in [1.82, 2.24) is 16.0 Å². The number of halogens is 2. The third-order valence-electron chi connectivity index (χ3n) is 5.92. The molecule has 15 heteroatoms. The van der Waals surface area contributed by atoms with E-state index in [1.807, 2.05) is 4.90 Å². The fraction of sp³-hybridized carbons (Fsp3) is 0.393. The Morgan fingerprint density at radius 3 is 2.26 bits per heavy atom. The lowest BCUT2D eigenvalue weighted by Gasteiger charge is -2.29. The maximum Gasteiger partial charge on any atom is 0.412 e. The predicted octanol–water partition coefficient (Wildman–Crippen LogP) is 2.91. The second-order valence-corrected chi connectivity index (χ2v) is 11.3. The molecule has 0 bridgehead atoms. The molecule has 0 aliphatic carbocycles. The molecule has 43 heavy (non-hydrogen) atoms. The molecule has 5 N–H and O–H groups in total.